The van der Waals surface area contributed by atoms with Gasteiger partial charge in [0.05, 0.1) is 17.3 Å². The van der Waals surface area contributed by atoms with Gasteiger partial charge in [-0.3, -0.25) is 10.2 Å². The number of nitrogens with zero attached hydrogens (tertiary/aromatic N) is 1. The first-order valence-corrected chi connectivity index (χ1v) is 9.82. The van der Waals surface area contributed by atoms with Crippen LogP contribution in [0.25, 0.3) is 10.9 Å². The molecule has 1 heterocycles. The van der Waals surface area contributed by atoms with Gasteiger partial charge in [0, 0.05) is 28.2 Å². The zero-order valence-electron chi connectivity index (χ0n) is 15.2. The number of carbonyl (C=O) groups excluding carboxylic acids is 1. The number of nitrogens with one attached hydrogen (secondary N) is 2. The second kappa shape index (κ2) is 9.37. The molecule has 0 saturated carbocycles. The van der Waals surface area contributed by atoms with E-state index in [1.54, 1.807) is 6.21 Å². The number of ether oxygens (including phenoxy) is 1. The molecule has 0 bridgehead atoms. The van der Waals surface area contributed by atoms with E-state index in [2.05, 4.69) is 38.4 Å². The van der Waals surface area contributed by atoms with Gasteiger partial charge in [0.15, 0.2) is 0 Å². The fourth-order valence-electron chi connectivity index (χ4n) is 2.76. The Kier molecular flexibility index (Phi) is 6.65. The summed E-state index contributed by atoms with van der Waals surface area (Å²) in [4.78, 5) is 15.3. The predicted octanol–water partition coefficient (Wildman–Crippen LogP) is 5.86. The number of carbonyl (C=O) groups is 1. The molecule has 0 amide bonds. The van der Waals surface area contributed by atoms with Gasteiger partial charge in [0.25, 0.3) is 0 Å². The van der Waals surface area contributed by atoms with Crippen molar-refractivity contribution in [3.05, 3.63) is 58.7 Å². The third-order valence-electron chi connectivity index (χ3n) is 4.15. The molecule has 1 aromatic heterocycles. The van der Waals surface area contributed by atoms with E-state index < -0.39 is 0 Å². The molecule has 27 heavy (non-hydrogen) atoms. The summed E-state index contributed by atoms with van der Waals surface area (Å²) in [7, 11) is 0. The monoisotopic (exact) mass is 427 g/mol. The molecular weight excluding hydrogens is 406 g/mol. The smallest absolute Gasteiger partial charge is 0.311 e. The maximum atomic E-state index is 12.1. The number of esters is 1. The summed E-state index contributed by atoms with van der Waals surface area (Å²) >= 11 is 3.41. The molecule has 3 aromatic rings. The molecule has 0 atom stereocenters. The van der Waals surface area contributed by atoms with E-state index in [1.807, 2.05) is 48.7 Å². The van der Waals surface area contributed by atoms with Crippen molar-refractivity contribution in [3.8, 4) is 5.75 Å². The van der Waals surface area contributed by atoms with Gasteiger partial charge in [-0.05, 0) is 42.8 Å². The topological polar surface area (TPSA) is 66.5 Å². The van der Waals surface area contributed by atoms with Crippen LogP contribution in [0.2, 0.25) is 0 Å². The van der Waals surface area contributed by atoms with E-state index >= 15 is 0 Å². The number of fused-ring (bicyclic) bond motifs is 1. The number of halogens is 1. The van der Waals surface area contributed by atoms with Crippen LogP contribution < -0.4 is 10.2 Å². The van der Waals surface area contributed by atoms with Crippen molar-refractivity contribution in [1.82, 2.24) is 4.98 Å². The van der Waals surface area contributed by atoms with E-state index in [1.165, 1.54) is 0 Å². The molecule has 0 unspecified atom stereocenters. The van der Waals surface area contributed by atoms with Crippen LogP contribution >= 0.6 is 15.9 Å². The maximum Gasteiger partial charge on any atom is 0.311 e. The highest BCUT2D eigenvalue weighted by molar-refractivity contribution is 9.10. The summed E-state index contributed by atoms with van der Waals surface area (Å²) in [5.41, 5.74) is 5.64. The van der Waals surface area contributed by atoms with Crippen molar-refractivity contribution in [2.75, 3.05) is 5.43 Å². The van der Waals surface area contributed by atoms with Gasteiger partial charge in [-0.2, -0.15) is 5.10 Å². The molecule has 140 valence electrons. The first kappa shape index (κ1) is 19.2. The van der Waals surface area contributed by atoms with Crippen molar-refractivity contribution in [2.24, 2.45) is 5.10 Å². The first-order valence-electron chi connectivity index (χ1n) is 9.03. The highest BCUT2D eigenvalue weighted by Crippen LogP contribution is 2.28. The molecule has 3 rings (SSSR count). The molecule has 0 aliphatic carbocycles. The molecule has 0 aliphatic rings. The van der Waals surface area contributed by atoms with Crippen molar-refractivity contribution < 1.29 is 9.53 Å². The normalized spacial score (nSPS) is 11.2. The maximum absolute atomic E-state index is 12.1. The molecule has 0 aliphatic heterocycles. The Morgan fingerprint density at radius 3 is 2.81 bits per heavy atom. The van der Waals surface area contributed by atoms with Crippen LogP contribution in [0.5, 0.6) is 5.75 Å². The van der Waals surface area contributed by atoms with Crippen LogP contribution in [-0.2, 0) is 4.79 Å². The Bertz CT molecular complexity index is 932. The summed E-state index contributed by atoms with van der Waals surface area (Å²) in [6.07, 6.45) is 6.96. The number of unbranched alkanes of at least 4 members (excludes halogenated alkanes) is 2. The molecule has 0 saturated heterocycles. The summed E-state index contributed by atoms with van der Waals surface area (Å²) in [5.74, 6) is 0.355. The van der Waals surface area contributed by atoms with Crippen molar-refractivity contribution in [3.63, 3.8) is 0 Å². The lowest BCUT2D eigenvalue weighted by Gasteiger charge is -2.06. The molecular formula is C21H22BrN3O2. The van der Waals surface area contributed by atoms with Crippen molar-refractivity contribution in [2.45, 2.75) is 32.6 Å². The zero-order valence-corrected chi connectivity index (χ0v) is 16.8. The van der Waals surface area contributed by atoms with E-state index in [0.29, 0.717) is 12.2 Å². The van der Waals surface area contributed by atoms with Gasteiger partial charge in [-0.25, -0.2) is 0 Å². The minimum Gasteiger partial charge on any atom is -0.426 e. The molecule has 0 radical (unpaired) electrons. The minimum absolute atomic E-state index is 0.201. The summed E-state index contributed by atoms with van der Waals surface area (Å²) in [6, 6.07) is 13.4. The Morgan fingerprint density at radius 2 is 2.04 bits per heavy atom. The molecule has 0 fully saturated rings. The van der Waals surface area contributed by atoms with Gasteiger partial charge < -0.3 is 9.72 Å². The van der Waals surface area contributed by atoms with E-state index in [4.69, 9.17) is 4.74 Å². The Balaban J connectivity index is 1.75. The number of hydrogen-bond acceptors (Lipinski definition) is 4. The quantitative estimate of drug-likeness (QED) is 0.155. The highest BCUT2D eigenvalue weighted by atomic mass is 79.9. The van der Waals surface area contributed by atoms with Crippen LogP contribution in [0.3, 0.4) is 0 Å². The SMILES string of the molecule is CCCCCC(=O)Oc1cccc2[nH]cc(C=NNc3ccc(Br)cc3)c12. The van der Waals surface area contributed by atoms with E-state index in [0.717, 1.165) is 45.9 Å². The lowest BCUT2D eigenvalue weighted by Crippen LogP contribution is -2.07. The second-order valence-corrected chi connectivity index (χ2v) is 7.15. The fourth-order valence-corrected chi connectivity index (χ4v) is 3.02. The highest BCUT2D eigenvalue weighted by Gasteiger charge is 2.12. The lowest BCUT2D eigenvalue weighted by atomic mass is 10.1. The molecule has 5 nitrogen and oxygen atoms in total. The minimum atomic E-state index is -0.201. The molecule has 2 N–H and O–H groups in total. The second-order valence-electron chi connectivity index (χ2n) is 6.23. The van der Waals surface area contributed by atoms with E-state index in [9.17, 15) is 4.79 Å². The van der Waals surface area contributed by atoms with Crippen LogP contribution in [-0.4, -0.2) is 17.2 Å². The van der Waals surface area contributed by atoms with Gasteiger partial charge in [0.1, 0.15) is 5.75 Å². The Morgan fingerprint density at radius 1 is 1.22 bits per heavy atom. The first-order chi connectivity index (χ1) is 13.2. The predicted molar refractivity (Wildman–Crippen MR) is 113 cm³/mol. The molecule has 0 spiro atoms. The van der Waals surface area contributed by atoms with Crippen LogP contribution in [0.4, 0.5) is 5.69 Å². The number of aromatic nitrogens is 1. The summed E-state index contributed by atoms with van der Waals surface area (Å²) in [5, 5.41) is 5.14. The number of benzene rings is 2. The third-order valence-corrected chi connectivity index (χ3v) is 4.68. The number of hydrazone groups is 1. The number of rotatable bonds is 8. The van der Waals surface area contributed by atoms with Crippen LogP contribution in [0.15, 0.2) is 58.2 Å². The Hall–Kier alpha value is -2.60. The van der Waals surface area contributed by atoms with Gasteiger partial charge in [-0.1, -0.05) is 41.8 Å². The summed E-state index contributed by atoms with van der Waals surface area (Å²) < 4.78 is 6.62. The molecule has 6 heteroatoms. The number of aromatic amines is 1. The molecule has 2 aromatic carbocycles. The van der Waals surface area contributed by atoms with Gasteiger partial charge >= 0.3 is 5.97 Å². The largest absolute Gasteiger partial charge is 0.426 e. The standard InChI is InChI=1S/C21H22BrN3O2/c1-2-3-4-8-20(26)27-19-7-5-6-18-21(19)15(13-23-18)14-24-25-17-11-9-16(22)10-12-17/h5-7,9-14,23,25H,2-4,8H2,1H3. The average molecular weight is 428 g/mol. The lowest BCUT2D eigenvalue weighted by molar-refractivity contribution is -0.134. The Labute approximate surface area is 166 Å². The van der Waals surface area contributed by atoms with E-state index in [-0.39, 0.29) is 5.97 Å². The van der Waals surface area contributed by atoms with Gasteiger partial charge in [0.2, 0.25) is 0 Å². The van der Waals surface area contributed by atoms with Crippen molar-refractivity contribution in [1.29, 1.82) is 0 Å². The van der Waals surface area contributed by atoms with Crippen molar-refractivity contribution >= 4 is 44.7 Å². The summed E-state index contributed by atoms with van der Waals surface area (Å²) in [6.45, 7) is 2.11. The third kappa shape index (κ3) is 5.20. The zero-order chi connectivity index (χ0) is 19.1. The number of anilines is 1. The van der Waals surface area contributed by atoms with Gasteiger partial charge in [-0.15, -0.1) is 0 Å². The number of hydrogen-bond donors (Lipinski definition) is 2. The van der Waals surface area contributed by atoms with Crippen LogP contribution in [0, 0.1) is 0 Å². The fraction of sp³-hybridized carbons (Fsp3) is 0.238. The van der Waals surface area contributed by atoms with Crippen LogP contribution in [0.1, 0.15) is 38.2 Å². The average Bonchev–Trinajstić information content (AvgIpc) is 3.08. The number of H-pyrrole nitrogens is 1.